The number of pyridine rings is 4. The Kier molecular flexibility index (Phi) is 9.80. The zero-order valence-electron chi connectivity index (χ0n) is 32.4. The standard InChI is InChI=1S/C52H40N6/c1-4-38(25-24-36(2)57(49-22-12-30-53-37(49)3)44-18-10-16-42(33-44)47-20-5-7-28-54-47)39-14-9-15-40(32-39)41-26-27-50-46(35-41)52-51(23-13-31-56-52)58(50)45-19-11-17-43(34-45)48-21-6-8-29-55-48/h4-35H,2H2,1,3H3/b25-24-,38-4+. The van der Waals surface area contributed by atoms with E-state index in [1.54, 1.807) is 0 Å². The van der Waals surface area contributed by atoms with Gasteiger partial charge in [0.1, 0.15) is 0 Å². The normalized spacial score (nSPS) is 11.7. The summed E-state index contributed by atoms with van der Waals surface area (Å²) in [5, 5.41) is 1.10. The van der Waals surface area contributed by atoms with Gasteiger partial charge in [-0.1, -0.05) is 79.4 Å². The topological polar surface area (TPSA) is 59.7 Å². The Morgan fingerprint density at radius 1 is 0.569 bits per heavy atom. The summed E-state index contributed by atoms with van der Waals surface area (Å²) >= 11 is 0. The highest BCUT2D eigenvalue weighted by molar-refractivity contribution is 6.08. The Morgan fingerprint density at radius 3 is 2.02 bits per heavy atom. The molecule has 9 rings (SSSR count). The lowest BCUT2D eigenvalue weighted by molar-refractivity contribution is 1.12. The number of aryl methyl sites for hydroxylation is 1. The maximum absolute atomic E-state index is 4.88. The third kappa shape index (κ3) is 6.99. The molecule has 0 aliphatic carbocycles. The first-order valence-electron chi connectivity index (χ1n) is 19.3. The van der Waals surface area contributed by atoms with Crippen molar-refractivity contribution in [3.8, 4) is 39.3 Å². The lowest BCUT2D eigenvalue weighted by atomic mass is 9.97. The van der Waals surface area contributed by atoms with Gasteiger partial charge < -0.3 is 9.47 Å². The van der Waals surface area contributed by atoms with Crippen LogP contribution in [0.25, 0.3) is 66.8 Å². The number of benzene rings is 4. The number of allylic oxidation sites excluding steroid dienone is 4. The van der Waals surface area contributed by atoms with E-state index in [2.05, 4.69) is 159 Å². The van der Waals surface area contributed by atoms with Gasteiger partial charge in [-0.3, -0.25) is 19.9 Å². The molecule has 5 aromatic heterocycles. The minimum absolute atomic E-state index is 0.810. The maximum Gasteiger partial charge on any atom is 0.0963 e. The second kappa shape index (κ2) is 15.8. The summed E-state index contributed by atoms with van der Waals surface area (Å²) in [7, 11) is 0. The van der Waals surface area contributed by atoms with Gasteiger partial charge in [-0.25, -0.2) is 0 Å². The summed E-state index contributed by atoms with van der Waals surface area (Å²) < 4.78 is 2.30. The summed E-state index contributed by atoms with van der Waals surface area (Å²) in [6.07, 6.45) is 13.7. The van der Waals surface area contributed by atoms with Crippen molar-refractivity contribution >= 4 is 38.9 Å². The fourth-order valence-corrected chi connectivity index (χ4v) is 7.64. The van der Waals surface area contributed by atoms with Gasteiger partial charge in [-0.2, -0.15) is 0 Å². The van der Waals surface area contributed by atoms with Gasteiger partial charge in [0.25, 0.3) is 0 Å². The number of hydrogen-bond donors (Lipinski definition) is 0. The highest BCUT2D eigenvalue weighted by Crippen LogP contribution is 2.37. The molecule has 6 heteroatoms. The molecule has 6 nitrogen and oxygen atoms in total. The first-order chi connectivity index (χ1) is 28.6. The zero-order valence-corrected chi connectivity index (χ0v) is 32.4. The lowest BCUT2D eigenvalue weighted by Gasteiger charge is -2.27. The summed E-state index contributed by atoms with van der Waals surface area (Å²) in [6, 6.07) is 52.5. The third-order valence-corrected chi connectivity index (χ3v) is 10.5. The molecule has 5 heterocycles. The monoisotopic (exact) mass is 748 g/mol. The molecule has 0 spiro atoms. The number of hydrogen-bond acceptors (Lipinski definition) is 5. The van der Waals surface area contributed by atoms with Crippen molar-refractivity contribution < 1.29 is 0 Å². The highest BCUT2D eigenvalue weighted by Gasteiger charge is 2.17. The molecule has 0 unspecified atom stereocenters. The van der Waals surface area contributed by atoms with Crippen molar-refractivity contribution in [3.63, 3.8) is 0 Å². The number of nitrogens with zero attached hydrogens (tertiary/aromatic N) is 6. The summed E-state index contributed by atoms with van der Waals surface area (Å²) in [5.41, 5.74) is 16.2. The quantitative estimate of drug-likeness (QED) is 0.130. The molecule has 0 aliphatic rings. The van der Waals surface area contributed by atoms with Crippen molar-refractivity contribution in [2.45, 2.75) is 13.8 Å². The number of fused-ring (bicyclic) bond motifs is 3. The smallest absolute Gasteiger partial charge is 0.0963 e. The zero-order chi connectivity index (χ0) is 39.4. The molecule has 0 saturated heterocycles. The molecule has 58 heavy (non-hydrogen) atoms. The van der Waals surface area contributed by atoms with Gasteiger partial charge in [-0.15, -0.1) is 0 Å². The van der Waals surface area contributed by atoms with E-state index in [4.69, 9.17) is 4.98 Å². The van der Waals surface area contributed by atoms with E-state index in [0.29, 0.717) is 0 Å². The molecule has 0 amide bonds. The lowest BCUT2D eigenvalue weighted by Crippen LogP contribution is -2.16. The second-order valence-corrected chi connectivity index (χ2v) is 14.1. The Bertz CT molecular complexity index is 3000. The van der Waals surface area contributed by atoms with E-state index < -0.39 is 0 Å². The van der Waals surface area contributed by atoms with Gasteiger partial charge >= 0.3 is 0 Å². The molecular weight excluding hydrogens is 709 g/mol. The highest BCUT2D eigenvalue weighted by atomic mass is 15.2. The Morgan fingerprint density at radius 2 is 1.26 bits per heavy atom. The van der Waals surface area contributed by atoms with E-state index in [9.17, 15) is 0 Å². The Labute approximate surface area is 338 Å². The molecule has 0 N–H and O–H groups in total. The molecule has 0 bridgehead atoms. The van der Waals surface area contributed by atoms with E-state index in [-0.39, 0.29) is 0 Å². The minimum atomic E-state index is 0.810. The van der Waals surface area contributed by atoms with Crippen LogP contribution in [-0.2, 0) is 0 Å². The molecule has 4 aromatic carbocycles. The summed E-state index contributed by atoms with van der Waals surface area (Å²) in [5.74, 6) is 0. The molecule has 0 fully saturated rings. The third-order valence-electron chi connectivity index (χ3n) is 10.5. The van der Waals surface area contributed by atoms with E-state index in [1.807, 2.05) is 80.2 Å². The first kappa shape index (κ1) is 36.0. The second-order valence-electron chi connectivity index (χ2n) is 14.1. The van der Waals surface area contributed by atoms with Crippen LogP contribution in [0.15, 0.2) is 207 Å². The van der Waals surface area contributed by atoms with Gasteiger partial charge in [0.2, 0.25) is 0 Å². The number of rotatable bonds is 10. The van der Waals surface area contributed by atoms with Gasteiger partial charge in [0, 0.05) is 58.4 Å². The van der Waals surface area contributed by atoms with Crippen LogP contribution in [0.1, 0.15) is 18.2 Å². The Balaban J connectivity index is 1.04. The Hall–Kier alpha value is -7.70. The van der Waals surface area contributed by atoms with Crippen molar-refractivity contribution in [1.82, 2.24) is 24.5 Å². The fraction of sp³-hybridized carbons (Fsp3) is 0.0385. The van der Waals surface area contributed by atoms with Crippen LogP contribution in [0.3, 0.4) is 0 Å². The van der Waals surface area contributed by atoms with Crippen LogP contribution in [0.2, 0.25) is 0 Å². The van der Waals surface area contributed by atoms with Crippen LogP contribution in [0, 0.1) is 6.92 Å². The van der Waals surface area contributed by atoms with Crippen LogP contribution < -0.4 is 4.90 Å². The molecule has 0 radical (unpaired) electrons. The average Bonchev–Trinajstić information content (AvgIpc) is 3.62. The van der Waals surface area contributed by atoms with Crippen molar-refractivity contribution in [2.75, 3.05) is 4.90 Å². The molecule has 0 saturated carbocycles. The van der Waals surface area contributed by atoms with E-state index >= 15 is 0 Å². The van der Waals surface area contributed by atoms with E-state index in [1.165, 1.54) is 0 Å². The van der Waals surface area contributed by atoms with Gasteiger partial charge in [0.15, 0.2) is 0 Å². The SMILES string of the molecule is C=C(/C=C\C(=C/C)c1cccc(-c2ccc3c(c2)c2ncccc2n3-c2cccc(-c3ccccn3)c2)c1)N(c1cccc(-c2ccccn2)c1)c1cccnc1C. The molecule has 0 atom stereocenters. The van der Waals surface area contributed by atoms with Gasteiger partial charge in [0.05, 0.1) is 39.3 Å². The van der Waals surface area contributed by atoms with Crippen molar-refractivity contribution in [3.05, 3.63) is 218 Å². The summed E-state index contributed by atoms with van der Waals surface area (Å²) in [6.45, 7) is 8.67. The molecule has 9 aromatic rings. The van der Waals surface area contributed by atoms with Crippen LogP contribution in [0.5, 0.6) is 0 Å². The summed E-state index contributed by atoms with van der Waals surface area (Å²) in [4.78, 5) is 20.8. The van der Waals surface area contributed by atoms with Crippen LogP contribution in [0.4, 0.5) is 11.4 Å². The van der Waals surface area contributed by atoms with Crippen molar-refractivity contribution in [1.29, 1.82) is 0 Å². The predicted octanol–water partition coefficient (Wildman–Crippen LogP) is 13.0. The van der Waals surface area contributed by atoms with Crippen LogP contribution >= 0.6 is 0 Å². The molecule has 278 valence electrons. The minimum Gasteiger partial charge on any atom is -0.309 e. The molecule has 0 aliphatic heterocycles. The number of anilines is 2. The van der Waals surface area contributed by atoms with Crippen molar-refractivity contribution in [2.24, 2.45) is 0 Å². The average molecular weight is 749 g/mol. The predicted molar refractivity (Wildman–Crippen MR) is 240 cm³/mol. The van der Waals surface area contributed by atoms with Gasteiger partial charge in [-0.05, 0) is 133 Å². The largest absolute Gasteiger partial charge is 0.309 e. The number of aromatic nitrogens is 5. The molecular formula is C52H40N6. The maximum atomic E-state index is 4.88. The van der Waals surface area contributed by atoms with Crippen LogP contribution in [-0.4, -0.2) is 24.5 Å². The first-order valence-corrected chi connectivity index (χ1v) is 19.3. The fourth-order valence-electron chi connectivity index (χ4n) is 7.64. The van der Waals surface area contributed by atoms with E-state index in [0.717, 1.165) is 95.2 Å².